The lowest BCUT2D eigenvalue weighted by Crippen LogP contribution is -2.47. The number of halogens is 2. The summed E-state index contributed by atoms with van der Waals surface area (Å²) in [4.78, 5) is 30.9. The van der Waals surface area contributed by atoms with Gasteiger partial charge in [0, 0.05) is 37.0 Å². The molecular weight excluding hydrogens is 430 g/mol. The Kier molecular flexibility index (Phi) is 5.99. The van der Waals surface area contributed by atoms with Crippen LogP contribution in [0.3, 0.4) is 0 Å². The number of nitrogens with one attached hydrogen (secondary N) is 2. The molecular formula is C24H28F2N4O3. The number of anilines is 1. The van der Waals surface area contributed by atoms with Crippen molar-refractivity contribution < 1.29 is 23.5 Å². The SMILES string of the molecule is Cc1cnc(C(=O)NC(C)C2CC2)c(N2CC[C@](C)(NC(=O)O)C2)c1-c1cc(F)cc(F)c1. The summed E-state index contributed by atoms with van der Waals surface area (Å²) in [5.74, 6) is -1.37. The summed E-state index contributed by atoms with van der Waals surface area (Å²) in [5, 5.41) is 14.8. The quantitative estimate of drug-likeness (QED) is 0.606. The van der Waals surface area contributed by atoms with Gasteiger partial charge in [0.15, 0.2) is 5.69 Å². The highest BCUT2D eigenvalue weighted by Gasteiger charge is 2.39. The summed E-state index contributed by atoms with van der Waals surface area (Å²) in [6.07, 6.45) is 3.03. The number of amides is 2. The number of hydrogen-bond acceptors (Lipinski definition) is 4. The second kappa shape index (κ2) is 8.61. The Hall–Kier alpha value is -3.23. The lowest BCUT2D eigenvalue weighted by Gasteiger charge is -2.29. The predicted molar refractivity (Wildman–Crippen MR) is 120 cm³/mol. The minimum atomic E-state index is -1.13. The molecule has 1 aliphatic heterocycles. The van der Waals surface area contributed by atoms with Crippen molar-refractivity contribution in [3.63, 3.8) is 0 Å². The van der Waals surface area contributed by atoms with Crippen LogP contribution in [0.5, 0.6) is 0 Å². The second-order valence-corrected chi connectivity index (χ2v) is 9.43. The first kappa shape index (κ1) is 22.9. The van der Waals surface area contributed by atoms with Gasteiger partial charge in [-0.05, 0) is 69.2 Å². The first-order valence-electron chi connectivity index (χ1n) is 11.1. The Labute approximate surface area is 191 Å². The topological polar surface area (TPSA) is 94.6 Å². The third kappa shape index (κ3) is 4.91. The minimum Gasteiger partial charge on any atom is -0.465 e. The molecule has 7 nitrogen and oxygen atoms in total. The number of carbonyl (C=O) groups is 2. The van der Waals surface area contributed by atoms with Crippen molar-refractivity contribution in [1.29, 1.82) is 0 Å². The second-order valence-electron chi connectivity index (χ2n) is 9.43. The zero-order valence-electron chi connectivity index (χ0n) is 18.9. The third-order valence-corrected chi connectivity index (χ3v) is 6.50. The minimum absolute atomic E-state index is 0.0129. The number of pyridine rings is 1. The van der Waals surface area contributed by atoms with E-state index in [2.05, 4.69) is 15.6 Å². The molecule has 3 N–H and O–H groups in total. The Bertz CT molecular complexity index is 1090. The summed E-state index contributed by atoms with van der Waals surface area (Å²) in [6.45, 7) is 6.25. The highest BCUT2D eigenvalue weighted by molar-refractivity contribution is 6.02. The Balaban J connectivity index is 1.82. The molecule has 4 rings (SSSR count). The third-order valence-electron chi connectivity index (χ3n) is 6.50. The fourth-order valence-corrected chi connectivity index (χ4v) is 4.63. The average Bonchev–Trinajstić information content (AvgIpc) is 3.49. The van der Waals surface area contributed by atoms with Crippen molar-refractivity contribution in [1.82, 2.24) is 15.6 Å². The largest absolute Gasteiger partial charge is 0.465 e. The van der Waals surface area contributed by atoms with Crippen molar-refractivity contribution in [3.05, 3.63) is 47.3 Å². The van der Waals surface area contributed by atoms with Gasteiger partial charge in [0.05, 0.1) is 11.2 Å². The van der Waals surface area contributed by atoms with Crippen LogP contribution in [0.2, 0.25) is 0 Å². The fourth-order valence-electron chi connectivity index (χ4n) is 4.63. The van der Waals surface area contributed by atoms with Gasteiger partial charge < -0.3 is 20.6 Å². The number of hydrogen-bond donors (Lipinski definition) is 3. The first-order valence-corrected chi connectivity index (χ1v) is 11.1. The highest BCUT2D eigenvalue weighted by Crippen LogP contribution is 2.40. The van der Waals surface area contributed by atoms with Crippen LogP contribution in [-0.2, 0) is 0 Å². The van der Waals surface area contributed by atoms with E-state index in [9.17, 15) is 23.5 Å². The van der Waals surface area contributed by atoms with E-state index in [1.807, 2.05) is 11.8 Å². The van der Waals surface area contributed by atoms with Crippen molar-refractivity contribution >= 4 is 17.7 Å². The molecule has 0 spiro atoms. The molecule has 1 aromatic heterocycles. The predicted octanol–water partition coefficient (Wildman–Crippen LogP) is 4.10. The van der Waals surface area contributed by atoms with Gasteiger partial charge in [-0.25, -0.2) is 18.6 Å². The number of benzene rings is 1. The van der Waals surface area contributed by atoms with Gasteiger partial charge in [-0.15, -0.1) is 0 Å². The maximum atomic E-state index is 14.1. The van der Waals surface area contributed by atoms with E-state index >= 15 is 0 Å². The van der Waals surface area contributed by atoms with Crippen molar-refractivity contribution in [3.8, 4) is 11.1 Å². The number of nitrogens with zero attached hydrogens (tertiary/aromatic N) is 2. The molecule has 1 aromatic carbocycles. The van der Waals surface area contributed by atoms with Crippen LogP contribution < -0.4 is 15.5 Å². The van der Waals surface area contributed by atoms with Crippen LogP contribution in [0.15, 0.2) is 24.4 Å². The monoisotopic (exact) mass is 458 g/mol. The van der Waals surface area contributed by atoms with Gasteiger partial charge >= 0.3 is 6.09 Å². The smallest absolute Gasteiger partial charge is 0.405 e. The molecule has 1 unspecified atom stereocenters. The van der Waals surface area contributed by atoms with Gasteiger partial charge in [-0.1, -0.05) is 0 Å². The average molecular weight is 459 g/mol. The van der Waals surface area contributed by atoms with E-state index in [0.717, 1.165) is 18.9 Å². The van der Waals surface area contributed by atoms with Gasteiger partial charge in [0.2, 0.25) is 0 Å². The van der Waals surface area contributed by atoms with E-state index in [1.54, 1.807) is 13.8 Å². The molecule has 0 radical (unpaired) electrons. The number of carbonyl (C=O) groups excluding carboxylic acids is 1. The van der Waals surface area contributed by atoms with E-state index < -0.39 is 23.3 Å². The summed E-state index contributed by atoms with van der Waals surface area (Å²) in [6, 6.07) is 3.25. The molecule has 2 aliphatic rings. The molecule has 2 fully saturated rings. The van der Waals surface area contributed by atoms with Gasteiger partial charge in [0.25, 0.3) is 5.91 Å². The van der Waals surface area contributed by atoms with E-state index in [4.69, 9.17) is 0 Å². The zero-order valence-corrected chi connectivity index (χ0v) is 18.9. The van der Waals surface area contributed by atoms with E-state index in [1.165, 1.54) is 18.3 Å². The number of aromatic nitrogens is 1. The van der Waals surface area contributed by atoms with Crippen LogP contribution in [0.25, 0.3) is 11.1 Å². The molecule has 1 aliphatic carbocycles. The molecule has 2 atom stereocenters. The summed E-state index contributed by atoms with van der Waals surface area (Å²) >= 11 is 0. The molecule has 2 aromatic rings. The molecule has 2 heterocycles. The van der Waals surface area contributed by atoms with Crippen LogP contribution in [0.1, 0.15) is 49.2 Å². The van der Waals surface area contributed by atoms with Crippen molar-refractivity contribution in [2.45, 2.75) is 51.6 Å². The Morgan fingerprint density at radius 3 is 2.52 bits per heavy atom. The van der Waals surface area contributed by atoms with Crippen molar-refractivity contribution in [2.75, 3.05) is 18.0 Å². The Morgan fingerprint density at radius 2 is 1.91 bits per heavy atom. The van der Waals surface area contributed by atoms with Crippen LogP contribution in [0.4, 0.5) is 19.3 Å². The van der Waals surface area contributed by atoms with Crippen LogP contribution >= 0.6 is 0 Å². The lowest BCUT2D eigenvalue weighted by molar-refractivity contribution is 0.0931. The summed E-state index contributed by atoms with van der Waals surface area (Å²) < 4.78 is 28.2. The molecule has 33 heavy (non-hydrogen) atoms. The van der Waals surface area contributed by atoms with Gasteiger partial charge in [0.1, 0.15) is 11.6 Å². The van der Waals surface area contributed by atoms with Crippen molar-refractivity contribution in [2.24, 2.45) is 5.92 Å². The highest BCUT2D eigenvalue weighted by atomic mass is 19.1. The Morgan fingerprint density at radius 1 is 1.24 bits per heavy atom. The van der Waals surface area contributed by atoms with Crippen LogP contribution in [0, 0.1) is 24.5 Å². The molecule has 0 bridgehead atoms. The summed E-state index contributed by atoms with van der Waals surface area (Å²) in [5.41, 5.74) is 1.33. The van der Waals surface area contributed by atoms with E-state index in [0.29, 0.717) is 41.3 Å². The molecule has 9 heteroatoms. The number of aryl methyl sites for hydroxylation is 1. The first-order chi connectivity index (χ1) is 15.6. The molecule has 176 valence electrons. The zero-order chi connectivity index (χ0) is 23.9. The summed E-state index contributed by atoms with van der Waals surface area (Å²) in [7, 11) is 0. The van der Waals surface area contributed by atoms with E-state index in [-0.39, 0.29) is 24.2 Å². The fraction of sp³-hybridized carbons (Fsp3) is 0.458. The normalized spacial score (nSPS) is 21.1. The lowest BCUT2D eigenvalue weighted by atomic mass is 9.97. The number of carboxylic acid groups (broad SMARTS) is 1. The van der Waals surface area contributed by atoms with Crippen LogP contribution in [-0.4, -0.2) is 46.8 Å². The maximum Gasteiger partial charge on any atom is 0.405 e. The number of rotatable bonds is 6. The molecule has 1 saturated carbocycles. The maximum absolute atomic E-state index is 14.1. The van der Waals surface area contributed by atoms with Gasteiger partial charge in [-0.3, -0.25) is 4.79 Å². The molecule has 1 saturated heterocycles. The van der Waals surface area contributed by atoms with Gasteiger partial charge in [-0.2, -0.15) is 0 Å². The standard InChI is InChI=1S/C24H28F2N4O3/c1-13-11-27-20(22(31)28-14(2)15-4-5-15)21(19(13)16-8-17(25)10-18(26)9-16)30-7-6-24(3,12-30)29-23(32)33/h8-11,14-15,29H,4-7,12H2,1-3H3,(H,28,31)(H,32,33)/t14?,24-/m0/s1. The molecule has 2 amide bonds.